The highest BCUT2D eigenvalue weighted by Gasteiger charge is 2.15. The Morgan fingerprint density at radius 3 is 2.88 bits per heavy atom. The van der Waals surface area contributed by atoms with Gasteiger partial charge in [0.25, 0.3) is 0 Å². The molecule has 7 nitrogen and oxygen atoms in total. The monoisotopic (exact) mass is 390 g/mol. The number of hydrogen-bond donors (Lipinski definition) is 1. The smallest absolute Gasteiger partial charge is 0.332 e. The first-order chi connectivity index (χ1) is 11.5. The second-order valence-corrected chi connectivity index (χ2v) is 6.41. The molecule has 0 aliphatic rings. The molecule has 1 aromatic heterocycles. The molecule has 0 aliphatic heterocycles. The lowest BCUT2D eigenvalue weighted by molar-refractivity contribution is -0.148. The van der Waals surface area contributed by atoms with E-state index < -0.39 is 0 Å². The molecule has 1 heterocycles. The van der Waals surface area contributed by atoms with E-state index in [1.165, 1.54) is 16.4 Å². The number of halogens is 2. The minimum Gasteiger partial charge on any atom is -0.464 e. The van der Waals surface area contributed by atoms with Gasteiger partial charge in [0, 0.05) is 16.3 Å². The van der Waals surface area contributed by atoms with Crippen molar-refractivity contribution in [2.45, 2.75) is 12.1 Å². The van der Waals surface area contributed by atoms with Crippen LogP contribution >= 0.6 is 35.0 Å². The van der Waals surface area contributed by atoms with Crippen molar-refractivity contribution in [2.24, 2.45) is 0 Å². The summed E-state index contributed by atoms with van der Waals surface area (Å²) in [7, 11) is 0. The summed E-state index contributed by atoms with van der Waals surface area (Å²) in [6.45, 7) is 2.36. The minimum atomic E-state index is -0.385. The van der Waals surface area contributed by atoms with Crippen LogP contribution < -0.4 is 5.84 Å². The van der Waals surface area contributed by atoms with E-state index in [9.17, 15) is 4.79 Å². The number of rotatable bonds is 8. The zero-order valence-corrected chi connectivity index (χ0v) is 15.2. The van der Waals surface area contributed by atoms with Gasteiger partial charge in [-0.15, -0.1) is 10.2 Å². The largest absolute Gasteiger partial charge is 0.464 e. The van der Waals surface area contributed by atoms with Gasteiger partial charge in [-0.2, -0.15) is 0 Å². The van der Waals surface area contributed by atoms with Crippen molar-refractivity contribution < 1.29 is 14.3 Å². The van der Waals surface area contributed by atoms with Crippen molar-refractivity contribution in [3.05, 3.63) is 28.2 Å². The van der Waals surface area contributed by atoms with Crippen LogP contribution in [-0.4, -0.2) is 46.4 Å². The van der Waals surface area contributed by atoms with Crippen molar-refractivity contribution in [1.82, 2.24) is 14.9 Å². The number of carbonyl (C=O) groups excluding carboxylic acids is 1. The Morgan fingerprint density at radius 1 is 1.38 bits per heavy atom. The second-order valence-electron chi connectivity index (χ2n) is 4.51. The van der Waals surface area contributed by atoms with E-state index in [0.717, 1.165) is 0 Å². The van der Waals surface area contributed by atoms with E-state index in [1.807, 2.05) is 0 Å². The molecule has 2 aromatic rings. The van der Waals surface area contributed by atoms with Gasteiger partial charge >= 0.3 is 5.97 Å². The van der Waals surface area contributed by atoms with Crippen LogP contribution in [0.1, 0.15) is 6.92 Å². The Kier molecular flexibility index (Phi) is 7.16. The first-order valence-electron chi connectivity index (χ1n) is 7.05. The summed E-state index contributed by atoms with van der Waals surface area (Å²) in [5.41, 5.74) is 0.640. The number of hydrogen-bond acceptors (Lipinski definition) is 7. The number of thioether (sulfide) groups is 1. The van der Waals surface area contributed by atoms with Crippen LogP contribution in [0.25, 0.3) is 11.4 Å². The maximum absolute atomic E-state index is 11.1. The minimum absolute atomic E-state index is 0.0741. The standard InChI is InChI=1S/C14H16Cl2N4O3S/c1-2-23-12(21)8-22-5-6-24-14-19-18-13(20(14)17)10-4-3-9(15)7-11(10)16/h3-4,7H,2,5-6,8,17H2,1H3. The van der Waals surface area contributed by atoms with E-state index >= 15 is 0 Å². The van der Waals surface area contributed by atoms with E-state index in [2.05, 4.69) is 10.2 Å². The van der Waals surface area contributed by atoms with Gasteiger partial charge in [-0.05, 0) is 25.1 Å². The number of esters is 1. The van der Waals surface area contributed by atoms with Gasteiger partial charge < -0.3 is 15.3 Å². The zero-order chi connectivity index (χ0) is 17.5. The number of aromatic nitrogens is 3. The summed E-state index contributed by atoms with van der Waals surface area (Å²) < 4.78 is 11.3. The number of nitrogens with two attached hydrogens (primary N) is 1. The Labute approximate surface area is 153 Å². The van der Waals surface area contributed by atoms with Crippen molar-refractivity contribution in [1.29, 1.82) is 0 Å². The van der Waals surface area contributed by atoms with Crippen molar-refractivity contribution in [3.8, 4) is 11.4 Å². The summed E-state index contributed by atoms with van der Waals surface area (Å²) in [6.07, 6.45) is 0. The van der Waals surface area contributed by atoms with E-state index in [0.29, 0.717) is 45.6 Å². The summed E-state index contributed by atoms with van der Waals surface area (Å²) >= 11 is 13.4. The summed E-state index contributed by atoms with van der Waals surface area (Å²) in [5, 5.41) is 9.56. The fourth-order valence-electron chi connectivity index (χ4n) is 1.78. The van der Waals surface area contributed by atoms with Gasteiger partial charge in [-0.25, -0.2) is 9.47 Å². The number of benzene rings is 1. The number of nitrogen functional groups attached to an aromatic ring is 1. The van der Waals surface area contributed by atoms with Gasteiger partial charge in [0.15, 0.2) is 5.82 Å². The van der Waals surface area contributed by atoms with Crippen molar-refractivity contribution in [3.63, 3.8) is 0 Å². The molecule has 0 saturated heterocycles. The average Bonchev–Trinajstić information content (AvgIpc) is 2.88. The predicted octanol–water partition coefficient (Wildman–Crippen LogP) is 2.64. The molecule has 0 aliphatic carbocycles. The second kappa shape index (κ2) is 9.12. The highest BCUT2D eigenvalue weighted by atomic mass is 35.5. The molecule has 24 heavy (non-hydrogen) atoms. The van der Waals surface area contributed by atoms with Crippen LogP contribution in [0.5, 0.6) is 0 Å². The maximum Gasteiger partial charge on any atom is 0.332 e. The zero-order valence-electron chi connectivity index (χ0n) is 12.9. The molecule has 2 rings (SSSR count). The molecule has 2 N–H and O–H groups in total. The van der Waals surface area contributed by atoms with Gasteiger partial charge in [0.05, 0.1) is 18.2 Å². The summed E-state index contributed by atoms with van der Waals surface area (Å²) in [5.74, 6) is 6.62. The van der Waals surface area contributed by atoms with Crippen LogP contribution in [-0.2, 0) is 14.3 Å². The van der Waals surface area contributed by atoms with Gasteiger partial charge in [-0.3, -0.25) is 0 Å². The Balaban J connectivity index is 1.90. The number of carbonyl (C=O) groups is 1. The Bertz CT molecular complexity index is 711. The van der Waals surface area contributed by atoms with E-state index in [-0.39, 0.29) is 12.6 Å². The third-order valence-electron chi connectivity index (χ3n) is 2.82. The molecule has 130 valence electrons. The lowest BCUT2D eigenvalue weighted by Gasteiger charge is -2.06. The average molecular weight is 391 g/mol. The van der Waals surface area contributed by atoms with Crippen molar-refractivity contribution >= 4 is 40.9 Å². The summed E-state index contributed by atoms with van der Waals surface area (Å²) in [6, 6.07) is 5.05. The molecule has 1 aromatic carbocycles. The van der Waals surface area contributed by atoms with Crippen LogP contribution in [0.2, 0.25) is 10.0 Å². The topological polar surface area (TPSA) is 92.3 Å². The Hall–Kier alpha value is -1.48. The molecule has 0 radical (unpaired) electrons. The number of ether oxygens (including phenoxy) is 2. The van der Waals surface area contributed by atoms with E-state index in [1.54, 1.807) is 25.1 Å². The molecule has 10 heteroatoms. The van der Waals surface area contributed by atoms with Crippen LogP contribution in [0.3, 0.4) is 0 Å². The highest BCUT2D eigenvalue weighted by Crippen LogP contribution is 2.30. The lowest BCUT2D eigenvalue weighted by Crippen LogP contribution is -2.14. The molecular formula is C14H16Cl2N4O3S. The van der Waals surface area contributed by atoms with Gasteiger partial charge in [0.2, 0.25) is 5.16 Å². The molecule has 0 bridgehead atoms. The van der Waals surface area contributed by atoms with E-state index in [4.69, 9.17) is 38.5 Å². The normalized spacial score (nSPS) is 10.8. The van der Waals surface area contributed by atoms with Gasteiger partial charge in [-0.1, -0.05) is 35.0 Å². The van der Waals surface area contributed by atoms with Crippen molar-refractivity contribution in [2.75, 3.05) is 31.4 Å². The number of nitrogens with zero attached hydrogens (tertiary/aromatic N) is 3. The molecule has 0 spiro atoms. The fourth-order valence-corrected chi connectivity index (χ4v) is 2.98. The fraction of sp³-hybridized carbons (Fsp3) is 0.357. The third-order valence-corrected chi connectivity index (χ3v) is 4.28. The SMILES string of the molecule is CCOC(=O)COCCSc1nnc(-c2ccc(Cl)cc2Cl)n1N. The van der Waals surface area contributed by atoms with Crippen LogP contribution in [0.4, 0.5) is 0 Å². The quantitative estimate of drug-likeness (QED) is 0.320. The molecule has 0 atom stereocenters. The third kappa shape index (κ3) is 5.01. The molecule has 0 fully saturated rings. The summed E-state index contributed by atoms with van der Waals surface area (Å²) in [4.78, 5) is 11.1. The molecule has 0 saturated carbocycles. The lowest BCUT2D eigenvalue weighted by atomic mass is 10.2. The first kappa shape index (κ1) is 18.9. The van der Waals surface area contributed by atoms with Crippen LogP contribution in [0.15, 0.2) is 23.4 Å². The van der Waals surface area contributed by atoms with Crippen LogP contribution in [0, 0.1) is 0 Å². The Morgan fingerprint density at radius 2 is 2.17 bits per heavy atom. The first-order valence-corrected chi connectivity index (χ1v) is 8.79. The molecule has 0 unspecified atom stereocenters. The molecular weight excluding hydrogens is 375 g/mol. The highest BCUT2D eigenvalue weighted by molar-refractivity contribution is 7.99. The molecule has 0 amide bonds. The maximum atomic E-state index is 11.1. The van der Waals surface area contributed by atoms with Gasteiger partial charge in [0.1, 0.15) is 6.61 Å². The predicted molar refractivity (Wildman–Crippen MR) is 93.8 cm³/mol.